The molecule has 0 spiro atoms. The molecule has 3 unspecified atom stereocenters. The van der Waals surface area contributed by atoms with Crippen LogP contribution >= 0.6 is 0 Å². The lowest BCUT2D eigenvalue weighted by Crippen LogP contribution is -2.37. The van der Waals surface area contributed by atoms with Crippen molar-refractivity contribution in [1.82, 2.24) is 4.31 Å². The van der Waals surface area contributed by atoms with Crippen LogP contribution in [0.25, 0.3) is 0 Å². The number of sulfonamides is 1. The highest BCUT2D eigenvalue weighted by Gasteiger charge is 2.54. The molecule has 0 aromatic heterocycles. The molecular formula is C13H13F2NO4S. The SMILES string of the molecule is O=C(O)C1CC2CCC1N2S(=O)(=O)c1cc(F)cc(F)c1. The Hall–Kier alpha value is -1.54. The highest BCUT2D eigenvalue weighted by atomic mass is 32.2. The minimum Gasteiger partial charge on any atom is -0.481 e. The van der Waals surface area contributed by atoms with E-state index in [9.17, 15) is 22.0 Å². The van der Waals surface area contributed by atoms with E-state index in [1.165, 1.54) is 0 Å². The summed E-state index contributed by atoms with van der Waals surface area (Å²) >= 11 is 0. The van der Waals surface area contributed by atoms with Gasteiger partial charge in [-0.05, 0) is 31.4 Å². The molecule has 1 aromatic rings. The molecule has 2 bridgehead atoms. The third-order valence-corrected chi connectivity index (χ3v) is 6.16. The molecule has 0 saturated carbocycles. The predicted molar refractivity (Wildman–Crippen MR) is 67.9 cm³/mol. The third kappa shape index (κ3) is 2.22. The Morgan fingerprint density at radius 1 is 1.19 bits per heavy atom. The molecule has 0 aliphatic carbocycles. The maximum atomic E-state index is 13.2. The molecule has 114 valence electrons. The average Bonchev–Trinajstić information content (AvgIpc) is 2.95. The molecule has 3 atom stereocenters. The molecule has 21 heavy (non-hydrogen) atoms. The largest absolute Gasteiger partial charge is 0.481 e. The average molecular weight is 317 g/mol. The van der Waals surface area contributed by atoms with E-state index in [0.29, 0.717) is 18.9 Å². The summed E-state index contributed by atoms with van der Waals surface area (Å²) in [6.07, 6.45) is 1.28. The van der Waals surface area contributed by atoms with E-state index in [2.05, 4.69) is 0 Å². The number of carboxylic acid groups (broad SMARTS) is 1. The van der Waals surface area contributed by atoms with Crippen LogP contribution in [0.2, 0.25) is 0 Å². The summed E-state index contributed by atoms with van der Waals surface area (Å²) in [5.74, 6) is -3.74. The van der Waals surface area contributed by atoms with Crippen LogP contribution in [0.4, 0.5) is 8.78 Å². The van der Waals surface area contributed by atoms with Gasteiger partial charge in [0.15, 0.2) is 0 Å². The Balaban J connectivity index is 2.01. The van der Waals surface area contributed by atoms with Gasteiger partial charge in [0.2, 0.25) is 10.0 Å². The topological polar surface area (TPSA) is 74.7 Å². The molecule has 0 radical (unpaired) electrons. The number of benzene rings is 1. The van der Waals surface area contributed by atoms with Gasteiger partial charge >= 0.3 is 5.97 Å². The second kappa shape index (κ2) is 4.74. The van der Waals surface area contributed by atoms with Crippen molar-refractivity contribution >= 4 is 16.0 Å². The summed E-state index contributed by atoms with van der Waals surface area (Å²) in [5, 5.41) is 9.14. The lowest BCUT2D eigenvalue weighted by atomic mass is 9.89. The van der Waals surface area contributed by atoms with Crippen molar-refractivity contribution in [2.24, 2.45) is 5.92 Å². The van der Waals surface area contributed by atoms with Crippen LogP contribution in [0, 0.1) is 17.6 Å². The van der Waals surface area contributed by atoms with Crippen LogP contribution in [0.1, 0.15) is 19.3 Å². The van der Waals surface area contributed by atoms with Crippen LogP contribution in [-0.2, 0) is 14.8 Å². The van der Waals surface area contributed by atoms with Crippen molar-refractivity contribution in [1.29, 1.82) is 0 Å². The summed E-state index contributed by atoms with van der Waals surface area (Å²) in [5.41, 5.74) is 0. The molecule has 2 heterocycles. The zero-order valence-electron chi connectivity index (χ0n) is 10.9. The van der Waals surface area contributed by atoms with E-state index in [1.807, 2.05) is 0 Å². The molecule has 2 fully saturated rings. The maximum Gasteiger partial charge on any atom is 0.308 e. The molecule has 2 aliphatic heterocycles. The second-order valence-electron chi connectivity index (χ2n) is 5.42. The number of hydrogen-bond donors (Lipinski definition) is 1. The van der Waals surface area contributed by atoms with Gasteiger partial charge in [-0.1, -0.05) is 0 Å². The van der Waals surface area contributed by atoms with Gasteiger partial charge in [0.05, 0.1) is 10.8 Å². The fourth-order valence-corrected chi connectivity index (χ4v) is 5.34. The Morgan fingerprint density at radius 2 is 1.81 bits per heavy atom. The van der Waals surface area contributed by atoms with E-state index >= 15 is 0 Å². The predicted octanol–water partition coefficient (Wildman–Crippen LogP) is 1.59. The molecule has 2 saturated heterocycles. The highest BCUT2D eigenvalue weighted by Crippen LogP contribution is 2.45. The Labute approximate surface area is 120 Å². The van der Waals surface area contributed by atoms with E-state index < -0.39 is 50.5 Å². The lowest BCUT2D eigenvalue weighted by Gasteiger charge is -2.22. The van der Waals surface area contributed by atoms with Crippen LogP contribution in [0.3, 0.4) is 0 Å². The van der Waals surface area contributed by atoms with Gasteiger partial charge in [0.25, 0.3) is 0 Å². The minimum atomic E-state index is -4.10. The molecule has 1 aromatic carbocycles. The van der Waals surface area contributed by atoms with E-state index in [4.69, 9.17) is 5.11 Å². The number of nitrogens with zero attached hydrogens (tertiary/aromatic N) is 1. The normalized spacial score (nSPS) is 29.0. The number of rotatable bonds is 3. The van der Waals surface area contributed by atoms with Gasteiger partial charge in [-0.3, -0.25) is 4.79 Å². The van der Waals surface area contributed by atoms with Crippen LogP contribution < -0.4 is 0 Å². The zero-order valence-corrected chi connectivity index (χ0v) is 11.7. The van der Waals surface area contributed by atoms with Crippen molar-refractivity contribution in [2.75, 3.05) is 0 Å². The monoisotopic (exact) mass is 317 g/mol. The second-order valence-corrected chi connectivity index (χ2v) is 7.26. The van der Waals surface area contributed by atoms with Gasteiger partial charge in [-0.25, -0.2) is 17.2 Å². The Morgan fingerprint density at radius 3 is 2.33 bits per heavy atom. The van der Waals surface area contributed by atoms with Gasteiger partial charge in [0.1, 0.15) is 11.6 Å². The maximum absolute atomic E-state index is 13.2. The molecule has 3 rings (SSSR count). The summed E-state index contributed by atoms with van der Waals surface area (Å²) in [6.45, 7) is 0. The van der Waals surface area contributed by atoms with Crippen molar-refractivity contribution in [3.63, 3.8) is 0 Å². The third-order valence-electron chi connectivity index (χ3n) is 4.20. The highest BCUT2D eigenvalue weighted by molar-refractivity contribution is 7.89. The van der Waals surface area contributed by atoms with Crippen molar-refractivity contribution in [2.45, 2.75) is 36.2 Å². The molecule has 1 N–H and O–H groups in total. The first-order chi connectivity index (χ1) is 9.80. The Kier molecular flexibility index (Phi) is 3.25. The number of halogens is 2. The molecule has 8 heteroatoms. The summed E-state index contributed by atoms with van der Waals surface area (Å²) in [7, 11) is -4.10. The first-order valence-corrected chi connectivity index (χ1v) is 7.97. The number of fused-ring (bicyclic) bond motifs is 2. The van der Waals surface area contributed by atoms with Gasteiger partial charge in [-0.2, -0.15) is 4.31 Å². The van der Waals surface area contributed by atoms with Crippen molar-refractivity contribution in [3.8, 4) is 0 Å². The number of aliphatic carboxylic acids is 1. The van der Waals surface area contributed by atoms with Gasteiger partial charge < -0.3 is 5.11 Å². The first-order valence-electron chi connectivity index (χ1n) is 6.53. The Bertz CT molecular complexity index is 686. The number of carbonyl (C=O) groups is 1. The quantitative estimate of drug-likeness (QED) is 0.919. The van der Waals surface area contributed by atoms with Crippen molar-refractivity contribution in [3.05, 3.63) is 29.8 Å². The van der Waals surface area contributed by atoms with Crippen LogP contribution in [-0.4, -0.2) is 35.9 Å². The summed E-state index contributed by atoms with van der Waals surface area (Å²) in [4.78, 5) is 10.7. The molecule has 2 aliphatic rings. The number of hydrogen-bond acceptors (Lipinski definition) is 3. The van der Waals surface area contributed by atoms with Gasteiger partial charge in [0, 0.05) is 18.2 Å². The molecule has 0 amide bonds. The standard InChI is InChI=1S/C13H13F2NO4S/c14-7-3-8(15)5-10(4-7)21(19,20)16-9-1-2-12(16)11(6-9)13(17)18/h3-5,9,11-12H,1-2,6H2,(H,17,18). The lowest BCUT2D eigenvalue weighted by molar-refractivity contribution is -0.142. The minimum absolute atomic E-state index is 0.247. The van der Waals surface area contributed by atoms with Gasteiger partial charge in [-0.15, -0.1) is 0 Å². The van der Waals surface area contributed by atoms with Crippen LogP contribution in [0.15, 0.2) is 23.1 Å². The smallest absolute Gasteiger partial charge is 0.308 e. The fourth-order valence-electron chi connectivity index (χ4n) is 3.38. The number of carboxylic acids is 1. The van der Waals surface area contributed by atoms with E-state index in [0.717, 1.165) is 16.4 Å². The summed E-state index contributed by atoms with van der Waals surface area (Å²) < 4.78 is 52.7. The fraction of sp³-hybridized carbons (Fsp3) is 0.462. The molecular weight excluding hydrogens is 304 g/mol. The van der Waals surface area contributed by atoms with E-state index in [1.54, 1.807) is 0 Å². The van der Waals surface area contributed by atoms with Crippen LogP contribution in [0.5, 0.6) is 0 Å². The summed E-state index contributed by atoms with van der Waals surface area (Å²) in [6, 6.07) is 1.06. The first kappa shape index (κ1) is 14.4. The zero-order chi connectivity index (χ0) is 15.4. The van der Waals surface area contributed by atoms with Crippen molar-refractivity contribution < 1.29 is 27.1 Å². The molecule has 5 nitrogen and oxygen atoms in total. The van der Waals surface area contributed by atoms with E-state index in [-0.39, 0.29) is 6.42 Å².